The zero-order valence-electron chi connectivity index (χ0n) is 16.3. The number of rotatable bonds is 11. The molecule has 0 spiro atoms. The van der Waals surface area contributed by atoms with E-state index in [9.17, 15) is 14.0 Å². The molecule has 1 atom stereocenters. The highest BCUT2D eigenvalue weighted by atomic mass is 19.1. The normalized spacial score (nSPS) is 12.1. The lowest BCUT2D eigenvalue weighted by Crippen LogP contribution is -2.47. The number of nitrogens with one attached hydrogen (secondary N) is 1. The van der Waals surface area contributed by atoms with Gasteiger partial charge in [0.05, 0.1) is 6.10 Å². The first-order chi connectivity index (χ1) is 12.3. The third-order valence-corrected chi connectivity index (χ3v) is 3.97. The molecular weight excluding hydrogens is 335 g/mol. The van der Waals surface area contributed by atoms with Crippen LogP contribution in [0.15, 0.2) is 24.3 Å². The summed E-state index contributed by atoms with van der Waals surface area (Å²) in [6.07, 6.45) is 1.97. The summed E-state index contributed by atoms with van der Waals surface area (Å²) in [5.74, 6) is -0.599. The number of ether oxygens (including phenoxy) is 1. The standard InChI is InChI=1S/C20H31FN2O3/c1-5-7-19(24)23(14-17-8-10-18(21)11-9-17)16(4)20(25)22-12-6-13-26-15(2)3/h8-11,15-16H,5-7,12-14H2,1-4H3,(H,22,25)/t16-/m0/s1. The van der Waals surface area contributed by atoms with Crippen LogP contribution >= 0.6 is 0 Å². The molecule has 0 heterocycles. The van der Waals surface area contributed by atoms with E-state index in [0.29, 0.717) is 26.0 Å². The van der Waals surface area contributed by atoms with Gasteiger partial charge in [-0.2, -0.15) is 0 Å². The Hall–Kier alpha value is -1.95. The van der Waals surface area contributed by atoms with Crippen LogP contribution in [0.5, 0.6) is 0 Å². The van der Waals surface area contributed by atoms with Crippen LogP contribution in [-0.2, 0) is 20.9 Å². The van der Waals surface area contributed by atoms with E-state index in [0.717, 1.165) is 12.0 Å². The van der Waals surface area contributed by atoms with Crippen LogP contribution in [0, 0.1) is 5.82 Å². The van der Waals surface area contributed by atoms with Crippen LogP contribution in [0.25, 0.3) is 0 Å². The highest BCUT2D eigenvalue weighted by Gasteiger charge is 2.25. The van der Waals surface area contributed by atoms with Crippen LogP contribution in [0.1, 0.15) is 52.5 Å². The Morgan fingerprint density at radius 3 is 2.42 bits per heavy atom. The Balaban J connectivity index is 2.65. The molecule has 5 nitrogen and oxygen atoms in total. The summed E-state index contributed by atoms with van der Waals surface area (Å²) in [5.41, 5.74) is 0.792. The van der Waals surface area contributed by atoms with Gasteiger partial charge in [0.15, 0.2) is 0 Å². The summed E-state index contributed by atoms with van der Waals surface area (Å²) < 4.78 is 18.5. The third-order valence-electron chi connectivity index (χ3n) is 3.97. The Kier molecular flexibility index (Phi) is 9.88. The largest absolute Gasteiger partial charge is 0.379 e. The zero-order valence-corrected chi connectivity index (χ0v) is 16.3. The third kappa shape index (κ3) is 7.95. The van der Waals surface area contributed by atoms with Crippen molar-refractivity contribution < 1.29 is 18.7 Å². The van der Waals surface area contributed by atoms with Gasteiger partial charge in [0.25, 0.3) is 0 Å². The van der Waals surface area contributed by atoms with Crippen molar-refractivity contribution in [2.24, 2.45) is 0 Å². The van der Waals surface area contributed by atoms with Gasteiger partial charge in [0, 0.05) is 26.1 Å². The molecule has 0 bridgehead atoms. The smallest absolute Gasteiger partial charge is 0.242 e. The zero-order chi connectivity index (χ0) is 19.5. The topological polar surface area (TPSA) is 58.6 Å². The van der Waals surface area contributed by atoms with Gasteiger partial charge in [0.2, 0.25) is 11.8 Å². The molecule has 0 radical (unpaired) electrons. The van der Waals surface area contributed by atoms with Gasteiger partial charge in [-0.1, -0.05) is 19.1 Å². The van der Waals surface area contributed by atoms with Crippen molar-refractivity contribution in [1.29, 1.82) is 0 Å². The minimum Gasteiger partial charge on any atom is -0.379 e. The number of amides is 2. The van der Waals surface area contributed by atoms with Crippen LogP contribution in [0.4, 0.5) is 4.39 Å². The number of benzene rings is 1. The van der Waals surface area contributed by atoms with Crippen molar-refractivity contribution in [3.63, 3.8) is 0 Å². The molecule has 1 N–H and O–H groups in total. The number of hydrogen-bond acceptors (Lipinski definition) is 3. The number of hydrogen-bond donors (Lipinski definition) is 1. The first-order valence-corrected chi connectivity index (χ1v) is 9.28. The SMILES string of the molecule is CCCC(=O)N(Cc1ccc(F)cc1)[C@@H](C)C(=O)NCCCOC(C)C. The summed E-state index contributed by atoms with van der Waals surface area (Å²) in [4.78, 5) is 26.4. The molecular formula is C20H31FN2O3. The molecule has 1 aromatic rings. The van der Waals surface area contributed by atoms with Crippen LogP contribution < -0.4 is 5.32 Å². The molecule has 1 rings (SSSR count). The second kappa shape index (κ2) is 11.6. The molecule has 0 aliphatic carbocycles. The molecule has 0 fully saturated rings. The van der Waals surface area contributed by atoms with E-state index in [1.807, 2.05) is 20.8 Å². The maximum Gasteiger partial charge on any atom is 0.242 e. The maximum atomic E-state index is 13.1. The molecule has 0 aliphatic heterocycles. The van der Waals surface area contributed by atoms with E-state index in [1.165, 1.54) is 12.1 Å². The fourth-order valence-corrected chi connectivity index (χ4v) is 2.48. The molecule has 0 saturated heterocycles. The fourth-order valence-electron chi connectivity index (χ4n) is 2.48. The van der Waals surface area contributed by atoms with E-state index in [2.05, 4.69) is 5.32 Å². The molecule has 0 saturated carbocycles. The van der Waals surface area contributed by atoms with Crippen molar-refractivity contribution in [3.8, 4) is 0 Å². The first kappa shape index (κ1) is 22.1. The van der Waals surface area contributed by atoms with E-state index in [4.69, 9.17) is 4.74 Å². The molecule has 0 aromatic heterocycles. The lowest BCUT2D eigenvalue weighted by atomic mass is 10.1. The summed E-state index contributed by atoms with van der Waals surface area (Å²) in [5, 5.41) is 2.86. The van der Waals surface area contributed by atoms with Crippen molar-refractivity contribution in [3.05, 3.63) is 35.6 Å². The number of carbonyl (C=O) groups excluding carboxylic acids is 2. The molecule has 26 heavy (non-hydrogen) atoms. The predicted octanol–water partition coefficient (Wildman–Crippen LogP) is 3.27. The Morgan fingerprint density at radius 2 is 1.85 bits per heavy atom. The minimum atomic E-state index is -0.592. The van der Waals surface area contributed by atoms with Crippen molar-refractivity contribution in [1.82, 2.24) is 10.2 Å². The monoisotopic (exact) mass is 366 g/mol. The predicted molar refractivity (Wildman–Crippen MR) is 100 cm³/mol. The second-order valence-electron chi connectivity index (χ2n) is 6.64. The Labute approximate surface area is 155 Å². The average molecular weight is 366 g/mol. The fraction of sp³-hybridized carbons (Fsp3) is 0.600. The van der Waals surface area contributed by atoms with Crippen LogP contribution in [0.2, 0.25) is 0 Å². The van der Waals surface area contributed by atoms with Gasteiger partial charge in [-0.25, -0.2) is 4.39 Å². The van der Waals surface area contributed by atoms with Crippen molar-refractivity contribution >= 4 is 11.8 Å². The Morgan fingerprint density at radius 1 is 1.19 bits per heavy atom. The summed E-state index contributed by atoms with van der Waals surface area (Å²) >= 11 is 0. The van der Waals surface area contributed by atoms with E-state index in [1.54, 1.807) is 24.0 Å². The van der Waals surface area contributed by atoms with Crippen molar-refractivity contribution in [2.45, 2.75) is 65.6 Å². The summed E-state index contributed by atoms with van der Waals surface area (Å²) in [6, 6.07) is 5.39. The highest BCUT2D eigenvalue weighted by Crippen LogP contribution is 2.12. The number of carbonyl (C=O) groups is 2. The quantitative estimate of drug-likeness (QED) is 0.612. The number of halogens is 1. The van der Waals surface area contributed by atoms with Crippen LogP contribution in [-0.4, -0.2) is 42.0 Å². The van der Waals surface area contributed by atoms with E-state index < -0.39 is 6.04 Å². The Bertz CT molecular complexity index is 561. The summed E-state index contributed by atoms with van der Waals surface area (Å²) in [7, 11) is 0. The van der Waals surface area contributed by atoms with Crippen LogP contribution in [0.3, 0.4) is 0 Å². The molecule has 146 valence electrons. The highest BCUT2D eigenvalue weighted by molar-refractivity contribution is 5.87. The van der Waals surface area contributed by atoms with Gasteiger partial charge in [-0.15, -0.1) is 0 Å². The average Bonchev–Trinajstić information content (AvgIpc) is 2.60. The minimum absolute atomic E-state index is 0.0809. The maximum absolute atomic E-state index is 13.1. The first-order valence-electron chi connectivity index (χ1n) is 9.28. The van der Waals surface area contributed by atoms with Gasteiger partial charge in [-0.05, 0) is 51.3 Å². The molecule has 2 amide bonds. The summed E-state index contributed by atoms with van der Waals surface area (Å²) in [6.45, 7) is 8.94. The lowest BCUT2D eigenvalue weighted by Gasteiger charge is -2.28. The van der Waals surface area contributed by atoms with Gasteiger partial charge in [0.1, 0.15) is 11.9 Å². The van der Waals surface area contributed by atoms with Gasteiger partial charge in [-0.3, -0.25) is 9.59 Å². The van der Waals surface area contributed by atoms with E-state index >= 15 is 0 Å². The second-order valence-corrected chi connectivity index (χ2v) is 6.64. The van der Waals surface area contributed by atoms with Gasteiger partial charge >= 0.3 is 0 Å². The number of nitrogens with zero attached hydrogens (tertiary/aromatic N) is 1. The molecule has 0 unspecified atom stereocenters. The lowest BCUT2D eigenvalue weighted by molar-refractivity contribution is -0.140. The van der Waals surface area contributed by atoms with Gasteiger partial charge < -0.3 is 15.0 Å². The van der Waals surface area contributed by atoms with E-state index in [-0.39, 0.29) is 30.3 Å². The molecule has 6 heteroatoms. The molecule has 1 aromatic carbocycles. The van der Waals surface area contributed by atoms with Crippen molar-refractivity contribution in [2.75, 3.05) is 13.2 Å². The molecule has 0 aliphatic rings.